The quantitative estimate of drug-likeness (QED) is 0.496. The summed E-state index contributed by atoms with van der Waals surface area (Å²) in [5.74, 6) is 0.233. The third kappa shape index (κ3) is 1.84. The maximum Gasteiger partial charge on any atom is 0.166 e. The van der Waals surface area contributed by atoms with Crippen molar-refractivity contribution >= 4 is 34.2 Å². The van der Waals surface area contributed by atoms with E-state index in [0.717, 1.165) is 6.42 Å². The first-order chi connectivity index (χ1) is 5.15. The predicted molar refractivity (Wildman–Crippen MR) is 48.6 cm³/mol. The van der Waals surface area contributed by atoms with Gasteiger partial charge in [-0.25, -0.2) is 4.99 Å². The first kappa shape index (κ1) is 8.81. The maximum absolute atomic E-state index is 5.81. The molecule has 0 amide bonds. The van der Waals surface area contributed by atoms with Gasteiger partial charge in [-0.2, -0.15) is 0 Å². The maximum atomic E-state index is 5.81. The average molecular weight is 194 g/mol. The second-order valence-corrected chi connectivity index (χ2v) is 3.09. The number of rotatable bonds is 1. The highest BCUT2D eigenvalue weighted by Gasteiger charge is 2.22. The number of aliphatic imine (C=N–C) groups is 2. The highest BCUT2D eigenvalue weighted by atomic mass is 35.5. The summed E-state index contributed by atoms with van der Waals surface area (Å²) in [6.07, 6.45) is 0.821. The third-order valence-electron chi connectivity index (χ3n) is 1.49. The molecule has 0 aromatic heterocycles. The van der Waals surface area contributed by atoms with Crippen molar-refractivity contribution in [1.82, 2.24) is 0 Å². The Kier molecular flexibility index (Phi) is 2.73. The van der Waals surface area contributed by atoms with Gasteiger partial charge in [-0.15, -0.1) is 0 Å². The molecule has 0 saturated heterocycles. The van der Waals surface area contributed by atoms with Crippen LogP contribution in [0.5, 0.6) is 0 Å². The van der Waals surface area contributed by atoms with Gasteiger partial charge < -0.3 is 5.73 Å². The van der Waals surface area contributed by atoms with E-state index >= 15 is 0 Å². The summed E-state index contributed by atoms with van der Waals surface area (Å²) in [4.78, 5) is 7.97. The topological polar surface area (TPSA) is 50.7 Å². The molecule has 11 heavy (non-hydrogen) atoms. The summed E-state index contributed by atoms with van der Waals surface area (Å²) in [6, 6.07) is -0.0310. The van der Waals surface area contributed by atoms with Gasteiger partial charge in [-0.3, -0.25) is 4.99 Å². The first-order valence-corrected chi connectivity index (χ1v) is 4.17. The van der Waals surface area contributed by atoms with Crippen LogP contribution in [0.2, 0.25) is 0 Å². The second-order valence-electron chi connectivity index (χ2n) is 2.28. The fourth-order valence-electron chi connectivity index (χ4n) is 0.831. The van der Waals surface area contributed by atoms with Crippen LogP contribution in [0, 0.1) is 0 Å². The molecule has 0 aromatic rings. The molecule has 62 valence electrons. The van der Waals surface area contributed by atoms with Crippen LogP contribution in [-0.2, 0) is 0 Å². The van der Waals surface area contributed by atoms with E-state index in [0.29, 0.717) is 0 Å². The lowest BCUT2D eigenvalue weighted by Crippen LogP contribution is -2.32. The zero-order valence-corrected chi connectivity index (χ0v) is 7.60. The van der Waals surface area contributed by atoms with E-state index < -0.39 is 0 Å². The number of halogens is 2. The van der Waals surface area contributed by atoms with Gasteiger partial charge >= 0.3 is 0 Å². The van der Waals surface area contributed by atoms with Crippen molar-refractivity contribution in [2.45, 2.75) is 24.9 Å². The lowest BCUT2D eigenvalue weighted by molar-refractivity contribution is 0.621. The third-order valence-corrected chi connectivity index (χ3v) is 2.17. The fraction of sp³-hybridized carbons (Fsp3) is 0.667. The summed E-state index contributed by atoms with van der Waals surface area (Å²) in [5.41, 5.74) is 5.03. The molecule has 2 N–H and O–H groups in total. The van der Waals surface area contributed by atoms with E-state index in [9.17, 15) is 0 Å². The largest absolute Gasteiger partial charge is 0.381 e. The Balaban J connectivity index is 2.79. The highest BCUT2D eigenvalue weighted by molar-refractivity contribution is 6.83. The average Bonchev–Trinajstić information content (AvgIpc) is 1.97. The summed E-state index contributed by atoms with van der Waals surface area (Å²) in [6.45, 7) is 1.98. The summed E-state index contributed by atoms with van der Waals surface area (Å²) < 4.78 is 0. The molecule has 1 aliphatic heterocycles. The number of nitrogens with two attached hydrogens (primary N) is 1. The van der Waals surface area contributed by atoms with Crippen LogP contribution in [0.1, 0.15) is 13.3 Å². The van der Waals surface area contributed by atoms with Gasteiger partial charge in [0, 0.05) is 0 Å². The molecule has 1 rings (SSSR count). The summed E-state index contributed by atoms with van der Waals surface area (Å²) in [7, 11) is 0. The predicted octanol–water partition coefficient (Wildman–Crippen LogP) is 1.34. The van der Waals surface area contributed by atoms with Gasteiger partial charge in [0.1, 0.15) is 5.50 Å². The van der Waals surface area contributed by atoms with Crippen molar-refractivity contribution in [2.24, 2.45) is 15.7 Å². The van der Waals surface area contributed by atoms with Crippen molar-refractivity contribution < 1.29 is 0 Å². The van der Waals surface area contributed by atoms with E-state index in [2.05, 4.69) is 9.98 Å². The van der Waals surface area contributed by atoms with E-state index in [1.807, 2.05) is 6.92 Å². The molecular weight excluding hydrogens is 185 g/mol. The highest BCUT2D eigenvalue weighted by Crippen LogP contribution is 2.17. The molecule has 0 aromatic carbocycles. The Morgan fingerprint density at radius 3 is 2.73 bits per heavy atom. The minimum absolute atomic E-state index is 0.0310. The lowest BCUT2D eigenvalue weighted by atomic mass is 10.2. The van der Waals surface area contributed by atoms with E-state index in [1.54, 1.807) is 0 Å². The number of hydrogen-bond acceptors (Lipinski definition) is 3. The Bertz CT molecular complexity index is 212. The first-order valence-electron chi connectivity index (χ1n) is 3.36. The molecule has 0 spiro atoms. The van der Waals surface area contributed by atoms with Crippen molar-refractivity contribution in [3.8, 4) is 0 Å². The number of nitrogens with zero attached hydrogens (tertiary/aromatic N) is 2. The van der Waals surface area contributed by atoms with Gasteiger partial charge in [0.2, 0.25) is 0 Å². The van der Waals surface area contributed by atoms with Gasteiger partial charge in [0.15, 0.2) is 11.0 Å². The van der Waals surface area contributed by atoms with Crippen molar-refractivity contribution in [3.63, 3.8) is 0 Å². The van der Waals surface area contributed by atoms with Crippen molar-refractivity contribution in [1.29, 1.82) is 0 Å². The van der Waals surface area contributed by atoms with Crippen LogP contribution in [0.25, 0.3) is 0 Å². The second kappa shape index (κ2) is 3.41. The molecule has 0 fully saturated rings. The van der Waals surface area contributed by atoms with Crippen LogP contribution in [0.3, 0.4) is 0 Å². The SMILES string of the molecule is CCC1N=C(Cl)C(N)=NC1Cl. The molecule has 2 atom stereocenters. The molecule has 0 aliphatic carbocycles. The Labute approximate surface area is 75.3 Å². The van der Waals surface area contributed by atoms with E-state index in [1.165, 1.54) is 0 Å². The number of alkyl halides is 1. The number of hydrogen-bond donors (Lipinski definition) is 1. The molecule has 0 radical (unpaired) electrons. The molecule has 0 saturated carbocycles. The molecule has 2 unspecified atom stereocenters. The monoisotopic (exact) mass is 193 g/mol. The van der Waals surface area contributed by atoms with Crippen molar-refractivity contribution in [3.05, 3.63) is 0 Å². The summed E-state index contributed by atoms with van der Waals surface area (Å²) >= 11 is 11.5. The van der Waals surface area contributed by atoms with Crippen molar-refractivity contribution in [2.75, 3.05) is 0 Å². The van der Waals surface area contributed by atoms with E-state index in [4.69, 9.17) is 28.9 Å². The van der Waals surface area contributed by atoms with Crippen LogP contribution < -0.4 is 5.73 Å². The standard InChI is InChI=1S/C6H9Cl2N3/c1-2-3-4(7)11-6(9)5(8)10-3/h3-4H,2H2,1H3,(H2,9,11). The Morgan fingerprint density at radius 2 is 2.18 bits per heavy atom. The van der Waals surface area contributed by atoms with Gasteiger partial charge in [-0.05, 0) is 6.42 Å². The summed E-state index contributed by atoms with van der Waals surface area (Å²) in [5, 5.41) is 0.272. The van der Waals surface area contributed by atoms with Gasteiger partial charge in [0.05, 0.1) is 6.04 Å². The Morgan fingerprint density at radius 1 is 1.55 bits per heavy atom. The van der Waals surface area contributed by atoms with Crippen LogP contribution in [0.4, 0.5) is 0 Å². The van der Waals surface area contributed by atoms with Gasteiger partial charge in [0.25, 0.3) is 0 Å². The smallest absolute Gasteiger partial charge is 0.166 e. The molecule has 5 heteroatoms. The van der Waals surface area contributed by atoms with E-state index in [-0.39, 0.29) is 22.5 Å². The molecular formula is C6H9Cl2N3. The minimum atomic E-state index is -0.359. The number of amidine groups is 1. The lowest BCUT2D eigenvalue weighted by Gasteiger charge is -2.18. The van der Waals surface area contributed by atoms with Crippen LogP contribution in [0.15, 0.2) is 9.98 Å². The minimum Gasteiger partial charge on any atom is -0.381 e. The van der Waals surface area contributed by atoms with Gasteiger partial charge in [-0.1, -0.05) is 30.1 Å². The Hall–Kier alpha value is -0.280. The molecule has 1 heterocycles. The molecule has 3 nitrogen and oxygen atoms in total. The molecule has 1 aliphatic rings. The van der Waals surface area contributed by atoms with Crippen LogP contribution >= 0.6 is 23.2 Å². The normalized spacial score (nSPS) is 31.2. The molecule has 0 bridgehead atoms. The zero-order chi connectivity index (χ0) is 8.43. The van der Waals surface area contributed by atoms with Crippen LogP contribution in [-0.4, -0.2) is 22.5 Å². The zero-order valence-electron chi connectivity index (χ0n) is 6.09. The fourth-order valence-corrected chi connectivity index (χ4v) is 1.34.